The highest BCUT2D eigenvalue weighted by atomic mass is 32.2. The van der Waals surface area contributed by atoms with Crippen molar-refractivity contribution < 1.29 is 4.79 Å². The fourth-order valence-electron chi connectivity index (χ4n) is 2.66. The topological polar surface area (TPSA) is 72.7 Å². The van der Waals surface area contributed by atoms with E-state index in [4.69, 9.17) is 0 Å². The number of aromatic nitrogens is 4. The van der Waals surface area contributed by atoms with Gasteiger partial charge in [0.25, 0.3) is 0 Å². The molecule has 2 aromatic carbocycles. The van der Waals surface area contributed by atoms with E-state index in [0.717, 1.165) is 17.7 Å². The lowest BCUT2D eigenvalue weighted by Crippen LogP contribution is -2.28. The van der Waals surface area contributed by atoms with Crippen molar-refractivity contribution in [3.63, 3.8) is 0 Å². The molecule has 0 aliphatic rings. The van der Waals surface area contributed by atoms with Crippen molar-refractivity contribution in [3.05, 3.63) is 65.2 Å². The van der Waals surface area contributed by atoms with Crippen LogP contribution in [-0.4, -0.2) is 31.9 Å². The van der Waals surface area contributed by atoms with Crippen LogP contribution < -0.4 is 5.32 Å². The highest BCUT2D eigenvalue weighted by molar-refractivity contribution is 7.99. The Kier molecular flexibility index (Phi) is 6.24. The van der Waals surface area contributed by atoms with Crippen LogP contribution in [0.3, 0.4) is 0 Å². The lowest BCUT2D eigenvalue weighted by atomic mass is 10.1. The lowest BCUT2D eigenvalue weighted by Gasteiger charge is -2.14. The molecule has 1 aromatic heterocycles. The van der Waals surface area contributed by atoms with Crippen molar-refractivity contribution >= 4 is 17.7 Å². The maximum atomic E-state index is 12.3. The molecule has 0 aliphatic carbocycles. The molecule has 0 saturated heterocycles. The Labute approximate surface area is 163 Å². The van der Waals surface area contributed by atoms with Gasteiger partial charge in [-0.1, -0.05) is 60.6 Å². The van der Waals surface area contributed by atoms with Gasteiger partial charge in [-0.25, -0.2) is 0 Å². The first-order chi connectivity index (χ1) is 13.1. The van der Waals surface area contributed by atoms with Crippen molar-refractivity contribution in [2.75, 3.05) is 5.75 Å². The zero-order valence-corrected chi connectivity index (χ0v) is 16.5. The van der Waals surface area contributed by atoms with Gasteiger partial charge in [-0.3, -0.25) is 4.79 Å². The molecule has 7 heteroatoms. The monoisotopic (exact) mass is 381 g/mol. The van der Waals surface area contributed by atoms with E-state index in [9.17, 15) is 4.79 Å². The van der Waals surface area contributed by atoms with Gasteiger partial charge < -0.3 is 5.32 Å². The second-order valence-corrected chi connectivity index (χ2v) is 7.32. The summed E-state index contributed by atoms with van der Waals surface area (Å²) in [7, 11) is 0. The molecule has 1 amide bonds. The first-order valence-corrected chi connectivity index (χ1v) is 9.91. The molecule has 0 spiro atoms. The molecule has 1 N–H and O–H groups in total. The van der Waals surface area contributed by atoms with Crippen LogP contribution in [0.2, 0.25) is 0 Å². The van der Waals surface area contributed by atoms with Gasteiger partial charge in [0.1, 0.15) is 0 Å². The average molecular weight is 382 g/mol. The van der Waals surface area contributed by atoms with Crippen molar-refractivity contribution in [1.29, 1.82) is 0 Å². The van der Waals surface area contributed by atoms with Crippen LogP contribution in [0, 0.1) is 6.92 Å². The second-order valence-electron chi connectivity index (χ2n) is 6.38. The van der Waals surface area contributed by atoms with Crippen LogP contribution >= 0.6 is 11.8 Å². The summed E-state index contributed by atoms with van der Waals surface area (Å²) in [6.45, 7) is 6.14. The molecular formula is C20H23N5OS. The molecule has 0 unspecified atom stereocenters. The van der Waals surface area contributed by atoms with E-state index in [-0.39, 0.29) is 17.7 Å². The number of aryl methyl sites for hydroxylation is 2. The maximum Gasteiger partial charge on any atom is 0.230 e. The first kappa shape index (κ1) is 19.1. The Hall–Kier alpha value is -2.67. The van der Waals surface area contributed by atoms with Crippen LogP contribution in [0.25, 0.3) is 5.69 Å². The number of carbonyl (C=O) groups excluding carboxylic acids is 1. The number of tetrazole rings is 1. The molecule has 27 heavy (non-hydrogen) atoms. The predicted molar refractivity (Wildman–Crippen MR) is 107 cm³/mol. The quantitative estimate of drug-likeness (QED) is 0.634. The number of hydrogen-bond donors (Lipinski definition) is 1. The third kappa shape index (κ3) is 4.95. The largest absolute Gasteiger partial charge is 0.349 e. The Bertz CT molecular complexity index is 889. The Morgan fingerprint density at radius 1 is 1.15 bits per heavy atom. The molecule has 1 atom stereocenters. The summed E-state index contributed by atoms with van der Waals surface area (Å²) >= 11 is 1.32. The second kappa shape index (κ2) is 8.81. The molecule has 0 fully saturated rings. The van der Waals surface area contributed by atoms with Gasteiger partial charge in [-0.05, 0) is 54.0 Å². The molecule has 1 heterocycles. The predicted octanol–water partition coefficient (Wildman–Crippen LogP) is 3.50. The number of thioether (sulfide) groups is 1. The van der Waals surface area contributed by atoms with E-state index < -0.39 is 0 Å². The smallest absolute Gasteiger partial charge is 0.230 e. The molecule has 0 saturated carbocycles. The normalized spacial score (nSPS) is 12.0. The number of amides is 1. The molecule has 6 nitrogen and oxygen atoms in total. The van der Waals surface area contributed by atoms with Crippen LogP contribution in [-0.2, 0) is 11.2 Å². The molecule has 3 rings (SSSR count). The SMILES string of the molecule is CCc1ccc([C@H](C)NC(=O)CSc2nnnn2-c2ccc(C)cc2)cc1. The number of hydrogen-bond acceptors (Lipinski definition) is 5. The van der Waals surface area contributed by atoms with Crippen LogP contribution in [0.1, 0.15) is 36.6 Å². The number of nitrogens with one attached hydrogen (secondary N) is 1. The van der Waals surface area contributed by atoms with Crippen molar-refractivity contribution in [1.82, 2.24) is 25.5 Å². The summed E-state index contributed by atoms with van der Waals surface area (Å²) in [5, 5.41) is 15.4. The fourth-order valence-corrected chi connectivity index (χ4v) is 3.36. The van der Waals surface area contributed by atoms with Gasteiger partial charge in [0.05, 0.1) is 17.5 Å². The van der Waals surface area contributed by atoms with Gasteiger partial charge in [0, 0.05) is 0 Å². The third-order valence-corrected chi connectivity index (χ3v) is 5.24. The fraction of sp³-hybridized carbons (Fsp3) is 0.300. The lowest BCUT2D eigenvalue weighted by molar-refractivity contribution is -0.119. The molecule has 0 radical (unpaired) electrons. The Morgan fingerprint density at radius 3 is 2.52 bits per heavy atom. The van der Waals surface area contributed by atoms with Gasteiger partial charge in [0.15, 0.2) is 0 Å². The summed E-state index contributed by atoms with van der Waals surface area (Å²) in [5.41, 5.74) is 4.42. The number of rotatable bonds is 7. The molecule has 0 aliphatic heterocycles. The van der Waals surface area contributed by atoms with E-state index in [1.54, 1.807) is 4.68 Å². The summed E-state index contributed by atoms with van der Waals surface area (Å²) in [5.74, 6) is 0.203. The summed E-state index contributed by atoms with van der Waals surface area (Å²) < 4.78 is 1.64. The average Bonchev–Trinajstić information content (AvgIpc) is 3.15. The van der Waals surface area contributed by atoms with Crippen LogP contribution in [0.5, 0.6) is 0 Å². The summed E-state index contributed by atoms with van der Waals surface area (Å²) in [6.07, 6.45) is 1.01. The highest BCUT2D eigenvalue weighted by Crippen LogP contribution is 2.19. The molecule has 3 aromatic rings. The number of nitrogens with zero attached hydrogens (tertiary/aromatic N) is 4. The zero-order valence-electron chi connectivity index (χ0n) is 15.7. The Morgan fingerprint density at radius 2 is 1.85 bits per heavy atom. The first-order valence-electron chi connectivity index (χ1n) is 8.93. The van der Waals surface area contributed by atoms with Gasteiger partial charge in [-0.15, -0.1) is 5.10 Å². The van der Waals surface area contributed by atoms with Gasteiger partial charge >= 0.3 is 0 Å². The van der Waals surface area contributed by atoms with Crippen molar-refractivity contribution in [2.24, 2.45) is 0 Å². The summed E-state index contributed by atoms with van der Waals surface area (Å²) in [6, 6.07) is 16.2. The van der Waals surface area contributed by atoms with E-state index in [0.29, 0.717) is 5.16 Å². The van der Waals surface area contributed by atoms with Crippen LogP contribution in [0.4, 0.5) is 0 Å². The van der Waals surface area contributed by atoms with E-state index in [1.807, 2.05) is 38.1 Å². The van der Waals surface area contributed by atoms with E-state index in [1.165, 1.54) is 22.9 Å². The maximum absolute atomic E-state index is 12.3. The highest BCUT2D eigenvalue weighted by Gasteiger charge is 2.14. The van der Waals surface area contributed by atoms with Gasteiger partial charge in [-0.2, -0.15) is 4.68 Å². The zero-order chi connectivity index (χ0) is 19.2. The molecule has 140 valence electrons. The minimum Gasteiger partial charge on any atom is -0.349 e. The number of benzene rings is 2. The number of carbonyl (C=O) groups is 1. The molecular weight excluding hydrogens is 358 g/mol. The van der Waals surface area contributed by atoms with E-state index >= 15 is 0 Å². The van der Waals surface area contributed by atoms with Crippen molar-refractivity contribution in [2.45, 2.75) is 38.4 Å². The van der Waals surface area contributed by atoms with E-state index in [2.05, 4.69) is 52.0 Å². The van der Waals surface area contributed by atoms with Crippen LogP contribution in [0.15, 0.2) is 53.7 Å². The molecule has 0 bridgehead atoms. The third-order valence-electron chi connectivity index (χ3n) is 4.32. The summed E-state index contributed by atoms with van der Waals surface area (Å²) in [4.78, 5) is 12.3. The minimum absolute atomic E-state index is 0.0444. The van der Waals surface area contributed by atoms with Gasteiger partial charge in [0.2, 0.25) is 11.1 Å². The van der Waals surface area contributed by atoms with Crippen molar-refractivity contribution in [3.8, 4) is 5.69 Å². The Balaban J connectivity index is 1.58. The standard InChI is InChI=1S/C20H23N5OS/c1-4-16-7-9-17(10-8-16)15(3)21-19(26)13-27-20-22-23-24-25(20)18-11-5-14(2)6-12-18/h5-12,15H,4,13H2,1-3H3,(H,21,26)/t15-/m0/s1. The minimum atomic E-state index is -0.0504.